The van der Waals surface area contributed by atoms with Crippen molar-refractivity contribution < 1.29 is 0 Å². The number of thiophene rings is 1. The van der Waals surface area contributed by atoms with Gasteiger partial charge in [0.25, 0.3) is 5.56 Å². The molecule has 3 nitrogen and oxygen atoms in total. The molecule has 0 atom stereocenters. The van der Waals surface area contributed by atoms with E-state index in [2.05, 4.69) is 0 Å². The molecule has 0 amide bonds. The van der Waals surface area contributed by atoms with Crippen LogP contribution >= 0.6 is 11.3 Å². The van der Waals surface area contributed by atoms with Crippen LogP contribution in [0.2, 0.25) is 0 Å². The SMILES string of the molecule is O=c1c2c3c(sc2nc(/C=C/c2ccccc2)n1-c1ccccc1)CCCC3. The first-order valence-electron chi connectivity index (χ1n) is 9.67. The molecule has 2 heterocycles. The van der Waals surface area contributed by atoms with Gasteiger partial charge in [-0.2, -0.15) is 0 Å². The lowest BCUT2D eigenvalue weighted by Gasteiger charge is -2.12. The second-order valence-electron chi connectivity index (χ2n) is 7.08. The molecule has 4 aromatic rings. The van der Waals surface area contributed by atoms with Crippen LogP contribution in [0, 0.1) is 0 Å². The van der Waals surface area contributed by atoms with Gasteiger partial charge in [0.15, 0.2) is 0 Å². The molecule has 0 aliphatic heterocycles. The van der Waals surface area contributed by atoms with Gasteiger partial charge in [0.2, 0.25) is 0 Å². The number of fused-ring (bicyclic) bond motifs is 3. The first-order valence-corrected chi connectivity index (χ1v) is 10.5. The summed E-state index contributed by atoms with van der Waals surface area (Å²) in [5, 5.41) is 0.820. The molecule has 1 aliphatic rings. The first kappa shape index (κ1) is 17.1. The number of hydrogen-bond acceptors (Lipinski definition) is 3. The van der Waals surface area contributed by atoms with Crippen molar-refractivity contribution in [1.29, 1.82) is 0 Å². The van der Waals surface area contributed by atoms with Crippen molar-refractivity contribution in [3.05, 3.63) is 92.8 Å². The van der Waals surface area contributed by atoms with Crippen LogP contribution in [0.15, 0.2) is 65.5 Å². The molecule has 0 N–H and O–H groups in total. The fraction of sp³-hybridized carbons (Fsp3) is 0.167. The summed E-state index contributed by atoms with van der Waals surface area (Å²) in [5.74, 6) is 0.672. The van der Waals surface area contributed by atoms with Gasteiger partial charge in [-0.1, -0.05) is 54.6 Å². The quantitative estimate of drug-likeness (QED) is 0.468. The molecule has 0 fully saturated rings. The third-order valence-corrected chi connectivity index (χ3v) is 6.44. The predicted octanol–water partition coefficient (Wildman–Crippen LogP) is 5.50. The molecular weight excluding hydrogens is 364 g/mol. The summed E-state index contributed by atoms with van der Waals surface area (Å²) in [6.45, 7) is 0. The average Bonchev–Trinajstić information content (AvgIpc) is 3.12. The van der Waals surface area contributed by atoms with Gasteiger partial charge in [-0.25, -0.2) is 4.98 Å². The zero-order valence-corrected chi connectivity index (χ0v) is 16.3. The summed E-state index contributed by atoms with van der Waals surface area (Å²) < 4.78 is 1.75. The molecule has 0 bridgehead atoms. The van der Waals surface area contributed by atoms with Gasteiger partial charge in [0.1, 0.15) is 10.7 Å². The first-order chi connectivity index (χ1) is 13.8. The Hall–Kier alpha value is -2.98. The van der Waals surface area contributed by atoms with Crippen molar-refractivity contribution in [3.8, 4) is 5.69 Å². The smallest absolute Gasteiger partial charge is 0.267 e. The maximum atomic E-state index is 13.6. The van der Waals surface area contributed by atoms with Crippen molar-refractivity contribution >= 4 is 33.7 Å². The highest BCUT2D eigenvalue weighted by molar-refractivity contribution is 7.18. The zero-order chi connectivity index (χ0) is 18.9. The van der Waals surface area contributed by atoms with E-state index < -0.39 is 0 Å². The van der Waals surface area contributed by atoms with Crippen LogP contribution < -0.4 is 5.56 Å². The number of aryl methyl sites for hydroxylation is 2. The van der Waals surface area contributed by atoms with E-state index in [1.807, 2.05) is 72.8 Å². The minimum atomic E-state index is 0.0447. The molecule has 138 valence electrons. The van der Waals surface area contributed by atoms with Gasteiger partial charge >= 0.3 is 0 Å². The molecule has 0 spiro atoms. The minimum absolute atomic E-state index is 0.0447. The third-order valence-electron chi connectivity index (χ3n) is 5.25. The van der Waals surface area contributed by atoms with E-state index in [0.29, 0.717) is 5.82 Å². The van der Waals surface area contributed by atoms with Crippen LogP contribution in [0.1, 0.15) is 34.7 Å². The number of aromatic nitrogens is 2. The van der Waals surface area contributed by atoms with Gasteiger partial charge in [-0.05, 0) is 55.0 Å². The second-order valence-corrected chi connectivity index (χ2v) is 8.16. The Bertz CT molecular complexity index is 1220. The summed E-state index contributed by atoms with van der Waals surface area (Å²) in [5.41, 5.74) is 3.21. The summed E-state index contributed by atoms with van der Waals surface area (Å²) in [6.07, 6.45) is 8.37. The number of benzene rings is 2. The molecule has 5 rings (SSSR count). The molecule has 0 saturated carbocycles. The van der Waals surface area contributed by atoms with Crippen molar-refractivity contribution in [1.82, 2.24) is 9.55 Å². The Labute approximate surface area is 167 Å². The van der Waals surface area contributed by atoms with E-state index in [4.69, 9.17) is 4.98 Å². The number of hydrogen-bond donors (Lipinski definition) is 0. The number of nitrogens with zero attached hydrogens (tertiary/aromatic N) is 2. The van der Waals surface area contributed by atoms with Gasteiger partial charge in [0.05, 0.1) is 11.1 Å². The van der Waals surface area contributed by atoms with Crippen LogP contribution in [0.3, 0.4) is 0 Å². The normalized spacial score (nSPS) is 13.9. The molecule has 2 aromatic carbocycles. The van der Waals surface area contributed by atoms with Gasteiger partial charge in [0, 0.05) is 4.88 Å². The summed E-state index contributed by atoms with van der Waals surface area (Å²) >= 11 is 1.70. The summed E-state index contributed by atoms with van der Waals surface area (Å²) in [6, 6.07) is 19.9. The molecule has 28 heavy (non-hydrogen) atoms. The summed E-state index contributed by atoms with van der Waals surface area (Å²) in [7, 11) is 0. The number of para-hydroxylation sites is 1. The topological polar surface area (TPSA) is 34.9 Å². The Morgan fingerprint density at radius 1 is 0.893 bits per heavy atom. The van der Waals surface area contributed by atoms with Crippen molar-refractivity contribution in [2.24, 2.45) is 0 Å². The maximum Gasteiger partial charge on any atom is 0.267 e. The molecular formula is C24H20N2OS. The van der Waals surface area contributed by atoms with E-state index in [1.54, 1.807) is 15.9 Å². The standard InChI is InChI=1S/C24H20N2OS/c27-24-22-19-13-7-8-14-20(19)28-23(22)25-21(16-15-17-9-3-1-4-10-17)26(24)18-11-5-2-6-12-18/h1-6,9-12,15-16H,7-8,13-14H2/b16-15+. The maximum absolute atomic E-state index is 13.6. The highest BCUT2D eigenvalue weighted by Gasteiger charge is 2.22. The molecule has 1 aliphatic carbocycles. The van der Waals surface area contributed by atoms with Crippen LogP contribution in [-0.4, -0.2) is 9.55 Å². The predicted molar refractivity (Wildman–Crippen MR) is 117 cm³/mol. The van der Waals surface area contributed by atoms with E-state index >= 15 is 0 Å². The molecule has 4 heteroatoms. The monoisotopic (exact) mass is 384 g/mol. The van der Waals surface area contributed by atoms with Crippen LogP contribution in [0.5, 0.6) is 0 Å². The molecule has 0 radical (unpaired) electrons. The van der Waals surface area contributed by atoms with Gasteiger partial charge in [-0.15, -0.1) is 11.3 Å². The lowest BCUT2D eigenvalue weighted by Crippen LogP contribution is -2.22. The highest BCUT2D eigenvalue weighted by Crippen LogP contribution is 2.34. The van der Waals surface area contributed by atoms with E-state index in [0.717, 1.165) is 40.7 Å². The van der Waals surface area contributed by atoms with Crippen molar-refractivity contribution in [2.45, 2.75) is 25.7 Å². The van der Waals surface area contributed by atoms with Gasteiger partial charge < -0.3 is 0 Å². The fourth-order valence-electron chi connectivity index (χ4n) is 3.89. The summed E-state index contributed by atoms with van der Waals surface area (Å²) in [4.78, 5) is 20.7. The lowest BCUT2D eigenvalue weighted by atomic mass is 9.97. The van der Waals surface area contributed by atoms with Crippen LogP contribution in [0.4, 0.5) is 0 Å². The lowest BCUT2D eigenvalue weighted by molar-refractivity contribution is 0.699. The molecule has 0 saturated heterocycles. The van der Waals surface area contributed by atoms with Crippen LogP contribution in [-0.2, 0) is 12.8 Å². The van der Waals surface area contributed by atoms with Gasteiger partial charge in [-0.3, -0.25) is 9.36 Å². The Balaban J connectivity index is 1.76. The van der Waals surface area contributed by atoms with Crippen molar-refractivity contribution in [3.63, 3.8) is 0 Å². The van der Waals surface area contributed by atoms with E-state index in [9.17, 15) is 4.79 Å². The molecule has 2 aromatic heterocycles. The van der Waals surface area contributed by atoms with Crippen molar-refractivity contribution in [2.75, 3.05) is 0 Å². The Morgan fingerprint density at radius 3 is 2.39 bits per heavy atom. The zero-order valence-electron chi connectivity index (χ0n) is 15.5. The third kappa shape index (κ3) is 3.00. The largest absolute Gasteiger partial charge is 0.268 e. The minimum Gasteiger partial charge on any atom is -0.268 e. The Morgan fingerprint density at radius 2 is 1.61 bits per heavy atom. The molecule has 0 unspecified atom stereocenters. The highest BCUT2D eigenvalue weighted by atomic mass is 32.1. The van der Waals surface area contributed by atoms with E-state index in [1.165, 1.54) is 16.9 Å². The average molecular weight is 385 g/mol. The number of rotatable bonds is 3. The van der Waals surface area contributed by atoms with Crippen LogP contribution in [0.25, 0.3) is 28.1 Å². The Kier molecular flexibility index (Phi) is 4.41. The second kappa shape index (κ2) is 7.21. The van der Waals surface area contributed by atoms with E-state index in [-0.39, 0.29) is 5.56 Å². The fourth-order valence-corrected chi connectivity index (χ4v) is 5.15.